The Morgan fingerprint density at radius 2 is 1.74 bits per heavy atom. The van der Waals surface area contributed by atoms with Crippen molar-refractivity contribution in [2.24, 2.45) is 0 Å². The van der Waals surface area contributed by atoms with Gasteiger partial charge in [0.1, 0.15) is 5.82 Å². The summed E-state index contributed by atoms with van der Waals surface area (Å²) in [6, 6.07) is 8.61. The molecule has 4 nitrogen and oxygen atoms in total. The van der Waals surface area contributed by atoms with E-state index >= 15 is 0 Å². The Morgan fingerprint density at radius 3 is 2.37 bits per heavy atom. The Labute approximate surface area is 111 Å². The van der Waals surface area contributed by atoms with Crippen LogP contribution in [-0.4, -0.2) is 19.5 Å². The third-order valence-electron chi connectivity index (χ3n) is 2.68. The lowest BCUT2D eigenvalue weighted by atomic mass is 10.4. The van der Waals surface area contributed by atoms with Crippen molar-refractivity contribution in [3.05, 3.63) is 54.6 Å². The van der Waals surface area contributed by atoms with E-state index < -0.39 is 15.8 Å². The van der Waals surface area contributed by atoms with Crippen LogP contribution >= 0.6 is 0 Å². The van der Waals surface area contributed by atoms with Gasteiger partial charge in [-0.2, -0.15) is 0 Å². The average Bonchev–Trinajstić information content (AvgIpc) is 2.88. The minimum absolute atomic E-state index is 0.0786. The summed E-state index contributed by atoms with van der Waals surface area (Å²) in [5, 5.41) is 0. The van der Waals surface area contributed by atoms with E-state index in [-0.39, 0.29) is 4.90 Å². The molecule has 0 aliphatic carbocycles. The number of rotatable bonds is 6. The average molecular weight is 282 g/mol. The molecule has 1 N–H and O–H groups in total. The number of hydrogen-bond acceptors (Lipinski definition) is 2. The SMILES string of the molecule is O=S(=O)(NCCCn1cccc1)c1ccc(F)cc1. The fourth-order valence-corrected chi connectivity index (χ4v) is 2.76. The maximum absolute atomic E-state index is 12.7. The first-order valence-corrected chi connectivity index (χ1v) is 7.42. The summed E-state index contributed by atoms with van der Waals surface area (Å²) in [6.07, 6.45) is 4.54. The monoisotopic (exact) mass is 282 g/mol. The van der Waals surface area contributed by atoms with Crippen molar-refractivity contribution in [2.75, 3.05) is 6.54 Å². The number of hydrogen-bond donors (Lipinski definition) is 1. The predicted octanol–water partition coefficient (Wildman–Crippen LogP) is 2.00. The largest absolute Gasteiger partial charge is 0.354 e. The van der Waals surface area contributed by atoms with Gasteiger partial charge in [0.2, 0.25) is 10.0 Å². The van der Waals surface area contributed by atoms with E-state index in [1.807, 2.05) is 29.1 Å². The first-order chi connectivity index (χ1) is 9.08. The van der Waals surface area contributed by atoms with Gasteiger partial charge in [-0.1, -0.05) is 0 Å². The summed E-state index contributed by atoms with van der Waals surface area (Å²) in [6.45, 7) is 1.09. The van der Waals surface area contributed by atoms with Crippen LogP contribution < -0.4 is 4.72 Å². The Kier molecular flexibility index (Phi) is 4.34. The van der Waals surface area contributed by atoms with E-state index in [2.05, 4.69) is 4.72 Å². The van der Waals surface area contributed by atoms with Gasteiger partial charge in [0.05, 0.1) is 4.90 Å². The highest BCUT2D eigenvalue weighted by Gasteiger charge is 2.12. The normalized spacial score (nSPS) is 11.6. The lowest BCUT2D eigenvalue weighted by Crippen LogP contribution is -2.25. The molecule has 0 atom stereocenters. The van der Waals surface area contributed by atoms with Gasteiger partial charge < -0.3 is 4.57 Å². The number of aromatic nitrogens is 1. The summed E-state index contributed by atoms with van der Waals surface area (Å²) >= 11 is 0. The maximum Gasteiger partial charge on any atom is 0.240 e. The Hall–Kier alpha value is -1.66. The molecular weight excluding hydrogens is 267 g/mol. The molecule has 2 aromatic rings. The molecule has 0 unspecified atom stereocenters. The van der Waals surface area contributed by atoms with Crippen LogP contribution in [0.4, 0.5) is 4.39 Å². The third kappa shape index (κ3) is 3.90. The zero-order chi connectivity index (χ0) is 13.7. The van der Waals surface area contributed by atoms with Crippen molar-refractivity contribution in [3.63, 3.8) is 0 Å². The highest BCUT2D eigenvalue weighted by Crippen LogP contribution is 2.09. The summed E-state index contributed by atoms with van der Waals surface area (Å²) in [4.78, 5) is 0.0786. The third-order valence-corrected chi connectivity index (χ3v) is 4.15. The lowest BCUT2D eigenvalue weighted by molar-refractivity contribution is 0.569. The van der Waals surface area contributed by atoms with Gasteiger partial charge in [0.15, 0.2) is 0 Å². The van der Waals surface area contributed by atoms with Gasteiger partial charge in [0.25, 0.3) is 0 Å². The molecule has 19 heavy (non-hydrogen) atoms. The maximum atomic E-state index is 12.7. The van der Waals surface area contributed by atoms with Crippen LogP contribution in [0, 0.1) is 5.82 Å². The molecule has 0 radical (unpaired) electrons. The molecule has 0 saturated carbocycles. The van der Waals surface area contributed by atoms with Crippen molar-refractivity contribution >= 4 is 10.0 Å². The van der Waals surface area contributed by atoms with E-state index in [1.165, 1.54) is 12.1 Å². The molecule has 0 bridgehead atoms. The van der Waals surface area contributed by atoms with Crippen molar-refractivity contribution in [2.45, 2.75) is 17.9 Å². The molecule has 1 aromatic carbocycles. The molecule has 1 heterocycles. The zero-order valence-corrected chi connectivity index (χ0v) is 11.1. The summed E-state index contributed by atoms with van der Waals surface area (Å²) in [5.74, 6) is -0.452. The molecule has 2 rings (SSSR count). The van der Waals surface area contributed by atoms with Gasteiger partial charge in [0, 0.05) is 25.5 Å². The number of sulfonamides is 1. The molecule has 0 aliphatic rings. The van der Waals surface area contributed by atoms with E-state index in [0.29, 0.717) is 13.0 Å². The number of nitrogens with one attached hydrogen (secondary N) is 1. The first kappa shape index (κ1) is 13.8. The molecule has 0 amide bonds. The van der Waals surface area contributed by atoms with Crippen molar-refractivity contribution < 1.29 is 12.8 Å². The van der Waals surface area contributed by atoms with Gasteiger partial charge in [-0.05, 0) is 42.8 Å². The Bertz CT molecular complexity index is 607. The highest BCUT2D eigenvalue weighted by molar-refractivity contribution is 7.89. The molecule has 0 saturated heterocycles. The van der Waals surface area contributed by atoms with E-state index in [1.54, 1.807) is 0 Å². The van der Waals surface area contributed by atoms with Crippen LogP contribution in [0.1, 0.15) is 6.42 Å². The minimum Gasteiger partial charge on any atom is -0.354 e. The summed E-state index contributed by atoms with van der Waals surface area (Å²) in [7, 11) is -3.54. The van der Waals surface area contributed by atoms with E-state index in [4.69, 9.17) is 0 Å². The molecular formula is C13H15FN2O2S. The van der Waals surface area contributed by atoms with Crippen LogP contribution in [0.5, 0.6) is 0 Å². The van der Waals surface area contributed by atoms with Crippen molar-refractivity contribution in [1.29, 1.82) is 0 Å². The minimum atomic E-state index is -3.54. The summed E-state index contributed by atoms with van der Waals surface area (Å²) < 4.78 is 40.9. The lowest BCUT2D eigenvalue weighted by Gasteiger charge is -2.07. The molecule has 0 spiro atoms. The molecule has 0 aliphatic heterocycles. The van der Waals surface area contributed by atoms with Gasteiger partial charge in [-0.3, -0.25) is 0 Å². The Balaban J connectivity index is 1.86. The molecule has 1 aromatic heterocycles. The van der Waals surface area contributed by atoms with E-state index in [9.17, 15) is 12.8 Å². The summed E-state index contributed by atoms with van der Waals surface area (Å²) in [5.41, 5.74) is 0. The van der Waals surface area contributed by atoms with Gasteiger partial charge in [-0.25, -0.2) is 17.5 Å². The second-order valence-electron chi connectivity index (χ2n) is 4.13. The topological polar surface area (TPSA) is 51.1 Å². The van der Waals surface area contributed by atoms with Crippen molar-refractivity contribution in [1.82, 2.24) is 9.29 Å². The van der Waals surface area contributed by atoms with Crippen LogP contribution in [-0.2, 0) is 16.6 Å². The quantitative estimate of drug-likeness (QED) is 0.824. The van der Waals surface area contributed by atoms with Crippen molar-refractivity contribution in [3.8, 4) is 0 Å². The van der Waals surface area contributed by atoms with Gasteiger partial charge in [-0.15, -0.1) is 0 Å². The fourth-order valence-electron chi connectivity index (χ4n) is 1.68. The fraction of sp³-hybridized carbons (Fsp3) is 0.231. The van der Waals surface area contributed by atoms with Crippen LogP contribution in [0.2, 0.25) is 0 Å². The zero-order valence-electron chi connectivity index (χ0n) is 10.3. The standard InChI is InChI=1S/C13H15FN2O2S/c14-12-4-6-13(7-5-12)19(17,18)15-8-3-11-16-9-1-2-10-16/h1-2,4-7,9-10,15H,3,8,11H2. The van der Waals surface area contributed by atoms with Crippen LogP contribution in [0.25, 0.3) is 0 Å². The number of halogens is 1. The number of benzene rings is 1. The van der Waals surface area contributed by atoms with Crippen LogP contribution in [0.15, 0.2) is 53.7 Å². The molecule has 0 fully saturated rings. The second kappa shape index (κ2) is 5.99. The van der Waals surface area contributed by atoms with Crippen LogP contribution in [0.3, 0.4) is 0 Å². The smallest absolute Gasteiger partial charge is 0.240 e. The number of nitrogens with zero attached hydrogens (tertiary/aromatic N) is 1. The molecule has 102 valence electrons. The highest BCUT2D eigenvalue weighted by atomic mass is 32.2. The van der Waals surface area contributed by atoms with Gasteiger partial charge >= 0.3 is 0 Å². The predicted molar refractivity (Wildman–Crippen MR) is 70.6 cm³/mol. The number of aryl methyl sites for hydroxylation is 1. The first-order valence-electron chi connectivity index (χ1n) is 5.94. The Morgan fingerprint density at radius 1 is 1.11 bits per heavy atom. The second-order valence-corrected chi connectivity index (χ2v) is 5.89. The molecule has 6 heteroatoms. The van der Waals surface area contributed by atoms with E-state index in [0.717, 1.165) is 18.7 Å².